The lowest BCUT2D eigenvalue weighted by atomic mass is 9.83. The van der Waals surface area contributed by atoms with Gasteiger partial charge in [-0.1, -0.05) is 0 Å². The summed E-state index contributed by atoms with van der Waals surface area (Å²) in [5.74, 6) is -0.960. The molecule has 5 rings (SSSR count). The standard InChI is InChI=1S/C19H24N2O6/c1-9-15(23)14-13(16(24)17(9)27-10-3-5-26-6-4-10)11(8-22)19(25-2)18-12(20-18)7-21(14)19/h10-12,18,20,22H,3-8H2,1-2H3. The average molecular weight is 376 g/mol. The van der Waals surface area contributed by atoms with Crippen molar-refractivity contribution >= 4 is 11.6 Å². The lowest BCUT2D eigenvalue weighted by Crippen LogP contribution is -2.54. The van der Waals surface area contributed by atoms with Gasteiger partial charge < -0.3 is 29.5 Å². The Kier molecular flexibility index (Phi) is 3.78. The van der Waals surface area contributed by atoms with Crippen LogP contribution in [0.25, 0.3) is 0 Å². The highest BCUT2D eigenvalue weighted by molar-refractivity contribution is 6.25. The third-order valence-electron chi connectivity index (χ3n) is 6.62. The largest absolute Gasteiger partial charge is 0.486 e. The number of piperazine rings is 1. The van der Waals surface area contributed by atoms with Crippen LogP contribution >= 0.6 is 0 Å². The first-order valence-corrected chi connectivity index (χ1v) is 9.53. The maximum atomic E-state index is 13.4. The van der Waals surface area contributed by atoms with E-state index in [0.717, 1.165) is 0 Å². The van der Waals surface area contributed by atoms with Gasteiger partial charge in [-0.15, -0.1) is 0 Å². The van der Waals surface area contributed by atoms with Gasteiger partial charge in [-0.05, 0) is 6.92 Å². The zero-order valence-electron chi connectivity index (χ0n) is 15.5. The molecule has 1 aliphatic carbocycles. The van der Waals surface area contributed by atoms with Crippen molar-refractivity contribution in [2.45, 2.75) is 43.7 Å². The summed E-state index contributed by atoms with van der Waals surface area (Å²) in [6.45, 7) is 3.14. The molecular weight excluding hydrogens is 352 g/mol. The van der Waals surface area contributed by atoms with Crippen molar-refractivity contribution in [2.24, 2.45) is 5.92 Å². The van der Waals surface area contributed by atoms with Gasteiger partial charge in [-0.3, -0.25) is 9.59 Å². The van der Waals surface area contributed by atoms with Crippen molar-refractivity contribution in [3.05, 3.63) is 22.6 Å². The van der Waals surface area contributed by atoms with E-state index in [1.54, 1.807) is 14.0 Å². The molecular formula is C19H24N2O6. The number of hydrogen-bond acceptors (Lipinski definition) is 8. The predicted molar refractivity (Wildman–Crippen MR) is 92.4 cm³/mol. The first kappa shape index (κ1) is 17.4. The van der Waals surface area contributed by atoms with Gasteiger partial charge in [-0.2, -0.15) is 0 Å². The third-order valence-corrected chi connectivity index (χ3v) is 6.62. The molecule has 8 nitrogen and oxygen atoms in total. The van der Waals surface area contributed by atoms with Gasteiger partial charge in [0, 0.05) is 43.7 Å². The van der Waals surface area contributed by atoms with Gasteiger partial charge in [0.15, 0.2) is 11.5 Å². The molecule has 4 unspecified atom stereocenters. The van der Waals surface area contributed by atoms with Crippen LogP contribution in [0.4, 0.5) is 0 Å². The number of fused-ring (bicyclic) bond motifs is 4. The van der Waals surface area contributed by atoms with E-state index in [4.69, 9.17) is 14.2 Å². The molecule has 5 aliphatic rings. The Bertz CT molecular complexity index is 783. The van der Waals surface area contributed by atoms with E-state index in [1.165, 1.54) is 0 Å². The van der Waals surface area contributed by atoms with Crippen LogP contribution in [0.3, 0.4) is 0 Å². The van der Waals surface area contributed by atoms with Crippen LogP contribution in [0.5, 0.6) is 0 Å². The topological polar surface area (TPSA) is 107 Å². The normalized spacial score (nSPS) is 38.3. The molecule has 27 heavy (non-hydrogen) atoms. The molecule has 2 N–H and O–H groups in total. The number of nitrogens with one attached hydrogen (secondary N) is 1. The van der Waals surface area contributed by atoms with E-state index in [1.807, 2.05) is 4.90 Å². The second-order valence-corrected chi connectivity index (χ2v) is 7.86. The lowest BCUT2D eigenvalue weighted by molar-refractivity contribution is -0.137. The van der Waals surface area contributed by atoms with Gasteiger partial charge in [0.1, 0.15) is 6.10 Å². The summed E-state index contributed by atoms with van der Waals surface area (Å²) in [5, 5.41) is 13.5. The number of ketones is 2. The van der Waals surface area contributed by atoms with E-state index in [9.17, 15) is 14.7 Å². The molecule has 4 aliphatic heterocycles. The molecule has 8 heteroatoms. The second kappa shape index (κ2) is 5.88. The van der Waals surface area contributed by atoms with Crippen molar-refractivity contribution in [1.29, 1.82) is 0 Å². The molecule has 0 radical (unpaired) electrons. The number of Topliss-reactive ketones (excluding diaryl/α,β-unsaturated/α-hetero) is 2. The summed E-state index contributed by atoms with van der Waals surface area (Å²) in [7, 11) is 1.57. The van der Waals surface area contributed by atoms with Crippen molar-refractivity contribution in [3.63, 3.8) is 0 Å². The van der Waals surface area contributed by atoms with E-state index in [-0.39, 0.29) is 42.1 Å². The van der Waals surface area contributed by atoms with Crippen LogP contribution in [-0.4, -0.2) is 79.0 Å². The van der Waals surface area contributed by atoms with Crippen LogP contribution in [0, 0.1) is 5.92 Å². The number of hydrogen-bond donors (Lipinski definition) is 2. The Balaban J connectivity index is 1.53. The summed E-state index contributed by atoms with van der Waals surface area (Å²) in [6, 6.07) is 0.228. The number of aliphatic hydroxyl groups excluding tert-OH is 1. The molecule has 0 spiro atoms. The summed E-state index contributed by atoms with van der Waals surface area (Å²) in [6.07, 6.45) is 1.24. The minimum atomic E-state index is -0.885. The molecule has 0 bridgehead atoms. The number of methoxy groups -OCH3 is 1. The quantitative estimate of drug-likeness (QED) is 0.499. The predicted octanol–water partition coefficient (Wildman–Crippen LogP) is -0.517. The monoisotopic (exact) mass is 376 g/mol. The second-order valence-electron chi connectivity index (χ2n) is 7.86. The fraction of sp³-hybridized carbons (Fsp3) is 0.684. The zero-order valence-corrected chi connectivity index (χ0v) is 15.5. The fourth-order valence-corrected chi connectivity index (χ4v) is 5.22. The highest BCUT2D eigenvalue weighted by atomic mass is 16.5. The minimum Gasteiger partial charge on any atom is -0.486 e. The summed E-state index contributed by atoms with van der Waals surface area (Å²) >= 11 is 0. The van der Waals surface area contributed by atoms with Gasteiger partial charge in [0.25, 0.3) is 0 Å². The minimum absolute atomic E-state index is 0.00557. The van der Waals surface area contributed by atoms with Crippen molar-refractivity contribution in [2.75, 3.05) is 33.5 Å². The van der Waals surface area contributed by atoms with Gasteiger partial charge in [-0.25, -0.2) is 0 Å². The van der Waals surface area contributed by atoms with Crippen molar-refractivity contribution in [3.8, 4) is 0 Å². The van der Waals surface area contributed by atoms with E-state index < -0.39 is 11.6 Å². The number of ether oxygens (including phenoxy) is 3. The Morgan fingerprint density at radius 1 is 1.30 bits per heavy atom. The smallest absolute Gasteiger partial charge is 0.226 e. The maximum absolute atomic E-state index is 13.4. The fourth-order valence-electron chi connectivity index (χ4n) is 5.22. The molecule has 3 saturated heterocycles. The number of allylic oxidation sites excluding steroid dienone is 2. The Labute approximate surface area is 157 Å². The van der Waals surface area contributed by atoms with Gasteiger partial charge in [0.05, 0.1) is 37.5 Å². The van der Waals surface area contributed by atoms with Gasteiger partial charge in [0.2, 0.25) is 11.6 Å². The number of carbonyl (C=O) groups is 2. The van der Waals surface area contributed by atoms with E-state index in [2.05, 4.69) is 5.32 Å². The molecule has 4 heterocycles. The van der Waals surface area contributed by atoms with Crippen LogP contribution < -0.4 is 5.32 Å². The molecule has 0 saturated carbocycles. The molecule has 0 amide bonds. The Morgan fingerprint density at radius 2 is 2.04 bits per heavy atom. The van der Waals surface area contributed by atoms with Crippen LogP contribution in [-0.2, 0) is 23.8 Å². The van der Waals surface area contributed by atoms with E-state index in [0.29, 0.717) is 49.4 Å². The summed E-state index contributed by atoms with van der Waals surface area (Å²) < 4.78 is 17.2. The molecule has 0 aromatic heterocycles. The average Bonchev–Trinajstić information content (AvgIpc) is 3.30. The van der Waals surface area contributed by atoms with Crippen LogP contribution in [0.2, 0.25) is 0 Å². The molecule has 4 atom stereocenters. The number of rotatable bonds is 4. The molecule has 3 fully saturated rings. The van der Waals surface area contributed by atoms with Crippen LogP contribution in [0.15, 0.2) is 22.6 Å². The number of nitrogens with zero attached hydrogens (tertiary/aromatic N) is 1. The summed E-state index contributed by atoms with van der Waals surface area (Å²) in [4.78, 5) is 28.5. The van der Waals surface area contributed by atoms with Gasteiger partial charge >= 0.3 is 0 Å². The first-order valence-electron chi connectivity index (χ1n) is 9.53. The number of aliphatic hydroxyl groups is 1. The Morgan fingerprint density at radius 3 is 2.70 bits per heavy atom. The van der Waals surface area contributed by atoms with E-state index >= 15 is 0 Å². The molecule has 146 valence electrons. The third kappa shape index (κ3) is 2.12. The highest BCUT2D eigenvalue weighted by Crippen LogP contribution is 2.55. The van der Waals surface area contributed by atoms with Crippen LogP contribution in [0.1, 0.15) is 19.8 Å². The molecule has 0 aromatic rings. The Hall–Kier alpha value is -1.74. The lowest BCUT2D eigenvalue weighted by Gasteiger charge is -2.39. The first-order chi connectivity index (χ1) is 13.0. The summed E-state index contributed by atoms with van der Waals surface area (Å²) in [5.41, 5.74) is 0.169. The van der Waals surface area contributed by atoms with Crippen molar-refractivity contribution in [1.82, 2.24) is 10.2 Å². The molecule has 0 aromatic carbocycles. The highest BCUT2D eigenvalue weighted by Gasteiger charge is 2.72. The van der Waals surface area contributed by atoms with Crippen molar-refractivity contribution < 1.29 is 28.9 Å². The zero-order chi connectivity index (χ0) is 18.9. The SMILES string of the molecule is COC12C(CO)C3=C(C(=O)C(C)=C(OC4CCOCC4)C3=O)N1CC1NC12. The number of carbonyl (C=O) groups excluding carboxylic acids is 2. The maximum Gasteiger partial charge on any atom is 0.226 e.